The Kier molecular flexibility index (Phi) is 8.67. The van der Waals surface area contributed by atoms with E-state index in [4.69, 9.17) is 14.6 Å². The predicted octanol–water partition coefficient (Wildman–Crippen LogP) is 2.34. The Hall–Kier alpha value is -2.00. The fourth-order valence-electron chi connectivity index (χ4n) is 2.25. The van der Waals surface area contributed by atoms with Crippen molar-refractivity contribution in [3.8, 4) is 11.5 Å². The van der Waals surface area contributed by atoms with Gasteiger partial charge in [-0.15, -0.1) is 0 Å². The molecule has 1 atom stereocenters. The zero-order valence-electron chi connectivity index (χ0n) is 14.8. The first-order valence-electron chi connectivity index (χ1n) is 8.22. The van der Waals surface area contributed by atoms with Crippen molar-refractivity contribution in [3.63, 3.8) is 0 Å². The van der Waals surface area contributed by atoms with Gasteiger partial charge in [-0.05, 0) is 19.2 Å². The van der Waals surface area contributed by atoms with Crippen molar-refractivity contribution in [3.05, 3.63) is 23.8 Å². The molecule has 0 aliphatic heterocycles. The molecule has 0 bridgehead atoms. The largest absolute Gasteiger partial charge is 0.491 e. The highest BCUT2D eigenvalue weighted by molar-refractivity contribution is 5.71. The van der Waals surface area contributed by atoms with Gasteiger partial charge in [0, 0.05) is 18.2 Å². The number of aliphatic hydroxyl groups is 1. The van der Waals surface area contributed by atoms with E-state index in [0.29, 0.717) is 6.54 Å². The molecule has 26 heavy (non-hydrogen) atoms. The van der Waals surface area contributed by atoms with Crippen LogP contribution in [0.3, 0.4) is 0 Å². The molecule has 0 radical (unpaired) electrons. The molecule has 148 valence electrons. The van der Waals surface area contributed by atoms with Gasteiger partial charge in [0.05, 0.1) is 6.42 Å². The van der Waals surface area contributed by atoms with E-state index in [0.717, 1.165) is 13.1 Å². The molecule has 2 N–H and O–H groups in total. The van der Waals surface area contributed by atoms with Crippen LogP contribution in [-0.4, -0.2) is 66.2 Å². The van der Waals surface area contributed by atoms with Crippen LogP contribution in [0, 0.1) is 0 Å². The molecule has 0 spiro atoms. The first-order chi connectivity index (χ1) is 12.1. The molecule has 0 aromatic heterocycles. The molecule has 0 saturated carbocycles. The highest BCUT2D eigenvalue weighted by Crippen LogP contribution is 2.27. The number of nitrogens with zero attached hydrogens (tertiary/aromatic N) is 1. The molecule has 0 aliphatic carbocycles. The Labute approximate surface area is 150 Å². The third-order valence-electron chi connectivity index (χ3n) is 3.58. The zero-order chi connectivity index (χ0) is 19.7. The Morgan fingerprint density at radius 3 is 2.42 bits per heavy atom. The van der Waals surface area contributed by atoms with Gasteiger partial charge >= 0.3 is 12.1 Å². The summed E-state index contributed by atoms with van der Waals surface area (Å²) >= 11 is 0. The van der Waals surface area contributed by atoms with Crippen molar-refractivity contribution in [1.82, 2.24) is 4.90 Å². The molecule has 0 amide bonds. The maximum atomic E-state index is 12.4. The van der Waals surface area contributed by atoms with Crippen molar-refractivity contribution in [2.75, 3.05) is 32.8 Å². The van der Waals surface area contributed by atoms with Crippen LogP contribution in [0.5, 0.6) is 11.5 Å². The van der Waals surface area contributed by atoms with E-state index >= 15 is 0 Å². The molecule has 0 saturated heterocycles. The summed E-state index contributed by atoms with van der Waals surface area (Å²) in [6.45, 7) is 4.29. The molecule has 0 heterocycles. The van der Waals surface area contributed by atoms with Gasteiger partial charge in [-0.2, -0.15) is 13.2 Å². The van der Waals surface area contributed by atoms with E-state index in [9.17, 15) is 23.1 Å². The van der Waals surface area contributed by atoms with Crippen LogP contribution in [0.4, 0.5) is 13.2 Å². The van der Waals surface area contributed by atoms with E-state index in [1.54, 1.807) is 0 Å². The summed E-state index contributed by atoms with van der Waals surface area (Å²) in [5.74, 6) is -1.21. The van der Waals surface area contributed by atoms with Crippen LogP contribution in [-0.2, 0) is 11.2 Å². The Morgan fingerprint density at radius 2 is 1.88 bits per heavy atom. The van der Waals surface area contributed by atoms with E-state index in [2.05, 4.69) is 0 Å². The number of rotatable bonds is 11. The van der Waals surface area contributed by atoms with E-state index in [1.165, 1.54) is 18.2 Å². The first kappa shape index (κ1) is 22.0. The number of aliphatic hydroxyl groups excluding tert-OH is 1. The molecule has 1 unspecified atom stereocenters. The second-order valence-corrected chi connectivity index (χ2v) is 5.69. The summed E-state index contributed by atoms with van der Waals surface area (Å²) in [6, 6.07) is 3.98. The van der Waals surface area contributed by atoms with E-state index in [1.807, 2.05) is 18.7 Å². The Balaban J connectivity index is 2.77. The maximum Gasteiger partial charge on any atom is 0.422 e. The zero-order valence-corrected chi connectivity index (χ0v) is 14.8. The minimum atomic E-state index is -4.54. The number of carbonyl (C=O) groups is 1. The molecular weight excluding hydrogens is 355 g/mol. The third-order valence-corrected chi connectivity index (χ3v) is 3.58. The Bertz CT molecular complexity index is 576. The van der Waals surface area contributed by atoms with Gasteiger partial charge in [0.25, 0.3) is 0 Å². The summed E-state index contributed by atoms with van der Waals surface area (Å²) in [5.41, 5.74) is 0.109. The lowest BCUT2D eigenvalue weighted by molar-refractivity contribution is -0.153. The first-order valence-corrected chi connectivity index (χ1v) is 8.22. The van der Waals surface area contributed by atoms with E-state index in [-0.39, 0.29) is 23.7 Å². The molecule has 6 nitrogen and oxygen atoms in total. The number of hydrogen-bond donors (Lipinski definition) is 2. The number of ether oxygens (including phenoxy) is 2. The van der Waals surface area contributed by atoms with Crippen molar-refractivity contribution < 1.29 is 37.7 Å². The average Bonchev–Trinajstić information content (AvgIpc) is 2.56. The molecule has 0 aliphatic rings. The molecular formula is C17H24F3NO5. The minimum Gasteiger partial charge on any atom is -0.491 e. The van der Waals surface area contributed by atoms with E-state index < -0.39 is 31.3 Å². The lowest BCUT2D eigenvalue weighted by Gasteiger charge is -2.22. The molecule has 1 aromatic rings. The third kappa shape index (κ3) is 8.39. The fourth-order valence-corrected chi connectivity index (χ4v) is 2.25. The highest BCUT2D eigenvalue weighted by Gasteiger charge is 2.29. The molecule has 1 rings (SSSR count). The summed E-state index contributed by atoms with van der Waals surface area (Å²) in [6.07, 6.45) is -5.79. The monoisotopic (exact) mass is 379 g/mol. The smallest absolute Gasteiger partial charge is 0.422 e. The lowest BCUT2D eigenvalue weighted by atomic mass is 10.1. The molecule has 0 fully saturated rings. The topological polar surface area (TPSA) is 79.2 Å². The number of alkyl halides is 3. The second kappa shape index (κ2) is 10.2. The number of benzene rings is 1. The summed E-state index contributed by atoms with van der Waals surface area (Å²) in [5, 5.41) is 18.8. The molecule has 9 heteroatoms. The maximum absolute atomic E-state index is 12.4. The fraction of sp³-hybridized carbons (Fsp3) is 0.588. The van der Waals surface area contributed by atoms with Crippen LogP contribution in [0.25, 0.3) is 0 Å². The normalized spacial score (nSPS) is 12.9. The standard InChI is InChI=1S/C17H24F3NO5/c1-3-21(4-2)9-13(22)10-25-14-6-5-12(7-16(23)24)15(8-14)26-11-17(18,19)20/h5-6,8,13,22H,3-4,7,9-11H2,1-2H3,(H,23,24). The van der Waals surface area contributed by atoms with Crippen LogP contribution in [0.1, 0.15) is 19.4 Å². The number of carboxylic acids is 1. The van der Waals surface area contributed by atoms with Crippen molar-refractivity contribution in [2.24, 2.45) is 0 Å². The number of halogens is 3. The van der Waals surface area contributed by atoms with Gasteiger partial charge in [0.2, 0.25) is 0 Å². The number of hydrogen-bond acceptors (Lipinski definition) is 5. The summed E-state index contributed by atoms with van der Waals surface area (Å²) in [4.78, 5) is 12.8. The summed E-state index contributed by atoms with van der Waals surface area (Å²) in [7, 11) is 0. The van der Waals surface area contributed by atoms with Gasteiger partial charge in [-0.25, -0.2) is 0 Å². The summed E-state index contributed by atoms with van der Waals surface area (Å²) < 4.78 is 47.2. The van der Waals surface area contributed by atoms with Crippen molar-refractivity contribution >= 4 is 5.97 Å². The SMILES string of the molecule is CCN(CC)CC(O)COc1ccc(CC(=O)O)c(OCC(F)(F)F)c1. The van der Waals surface area contributed by atoms with Gasteiger partial charge in [0.15, 0.2) is 6.61 Å². The quantitative estimate of drug-likeness (QED) is 0.614. The van der Waals surface area contributed by atoms with Gasteiger partial charge in [-0.3, -0.25) is 4.79 Å². The minimum absolute atomic E-state index is 0.0481. The van der Waals surface area contributed by atoms with Gasteiger partial charge in [0.1, 0.15) is 24.2 Å². The van der Waals surface area contributed by atoms with Gasteiger partial charge in [-0.1, -0.05) is 19.9 Å². The van der Waals surface area contributed by atoms with Crippen LogP contribution in [0.2, 0.25) is 0 Å². The van der Waals surface area contributed by atoms with Crippen LogP contribution >= 0.6 is 0 Å². The number of carboxylic acid groups (broad SMARTS) is 1. The highest BCUT2D eigenvalue weighted by atomic mass is 19.4. The average molecular weight is 379 g/mol. The second-order valence-electron chi connectivity index (χ2n) is 5.69. The molecule has 1 aromatic carbocycles. The lowest BCUT2D eigenvalue weighted by Crippen LogP contribution is -2.35. The van der Waals surface area contributed by atoms with Gasteiger partial charge < -0.3 is 24.6 Å². The van der Waals surface area contributed by atoms with Crippen molar-refractivity contribution in [1.29, 1.82) is 0 Å². The van der Waals surface area contributed by atoms with Crippen molar-refractivity contribution in [2.45, 2.75) is 32.5 Å². The number of aliphatic carboxylic acids is 1. The number of likely N-dealkylation sites (N-methyl/N-ethyl adjacent to an activating group) is 1. The van der Waals surface area contributed by atoms with Crippen LogP contribution in [0.15, 0.2) is 18.2 Å². The predicted molar refractivity (Wildman–Crippen MR) is 88.6 cm³/mol. The van der Waals surface area contributed by atoms with Crippen LogP contribution < -0.4 is 9.47 Å². The Morgan fingerprint density at radius 1 is 1.23 bits per heavy atom.